The molecule has 0 saturated carbocycles. The number of nitrogens with zero attached hydrogens (tertiary/aromatic N) is 1. The lowest BCUT2D eigenvalue weighted by molar-refractivity contribution is 0.623. The van der Waals surface area contributed by atoms with Crippen molar-refractivity contribution < 1.29 is 0 Å². The highest BCUT2D eigenvalue weighted by Gasteiger charge is 2.06. The third-order valence-corrected chi connectivity index (χ3v) is 2.83. The minimum absolute atomic E-state index is 0.108. The number of fused-ring (bicyclic) bond motifs is 1. The highest BCUT2D eigenvalue weighted by molar-refractivity contribution is 5.81. The Morgan fingerprint density at radius 1 is 1.13 bits per heavy atom. The molecule has 80 valence electrons. The molecular weight excluding hydrogens is 184 g/mol. The number of hydrogen-bond acceptors (Lipinski definition) is 1. The Hall–Kier alpha value is -1.28. The number of hydrogen-bond donors (Lipinski definition) is 1. The molecule has 1 heterocycles. The predicted octanol–water partition coefficient (Wildman–Crippen LogP) is 3.24. The predicted molar refractivity (Wildman–Crippen MR) is 64.9 cm³/mol. The van der Waals surface area contributed by atoms with Gasteiger partial charge in [0.15, 0.2) is 0 Å². The summed E-state index contributed by atoms with van der Waals surface area (Å²) in [6.45, 7) is 6.40. The standard InChI is InChI=1S/C13H18N2/c1-9(2)15-7-6-12-8-11(10(3)14)4-5-13(12)15/h4-10H,14H2,1-3H3. The van der Waals surface area contributed by atoms with Crippen LogP contribution >= 0.6 is 0 Å². The molecule has 1 atom stereocenters. The first kappa shape index (κ1) is 10.2. The van der Waals surface area contributed by atoms with Crippen LogP contribution in [0.25, 0.3) is 10.9 Å². The number of aromatic nitrogens is 1. The van der Waals surface area contributed by atoms with Crippen molar-refractivity contribution >= 4 is 10.9 Å². The minimum atomic E-state index is 0.108. The van der Waals surface area contributed by atoms with Crippen LogP contribution in [-0.2, 0) is 0 Å². The van der Waals surface area contributed by atoms with E-state index in [0.717, 1.165) is 0 Å². The van der Waals surface area contributed by atoms with Crippen LogP contribution in [0.3, 0.4) is 0 Å². The fourth-order valence-electron chi connectivity index (χ4n) is 1.92. The fourth-order valence-corrected chi connectivity index (χ4v) is 1.92. The molecule has 0 fully saturated rings. The second kappa shape index (κ2) is 3.70. The highest BCUT2D eigenvalue weighted by Crippen LogP contribution is 2.23. The van der Waals surface area contributed by atoms with Crippen LogP contribution in [0.15, 0.2) is 30.5 Å². The van der Waals surface area contributed by atoms with Gasteiger partial charge in [0.1, 0.15) is 0 Å². The summed E-state index contributed by atoms with van der Waals surface area (Å²) in [7, 11) is 0. The maximum Gasteiger partial charge on any atom is 0.0482 e. The maximum atomic E-state index is 5.86. The van der Waals surface area contributed by atoms with Crippen LogP contribution < -0.4 is 5.73 Å². The zero-order valence-corrected chi connectivity index (χ0v) is 9.57. The van der Waals surface area contributed by atoms with Gasteiger partial charge in [-0.05, 0) is 49.9 Å². The molecule has 1 unspecified atom stereocenters. The van der Waals surface area contributed by atoms with Crippen molar-refractivity contribution in [3.05, 3.63) is 36.0 Å². The van der Waals surface area contributed by atoms with Gasteiger partial charge in [0.2, 0.25) is 0 Å². The topological polar surface area (TPSA) is 30.9 Å². The molecule has 2 N–H and O–H groups in total. The monoisotopic (exact) mass is 202 g/mol. The molecule has 0 spiro atoms. The van der Waals surface area contributed by atoms with Gasteiger partial charge in [0, 0.05) is 23.8 Å². The van der Waals surface area contributed by atoms with Crippen molar-refractivity contribution in [2.45, 2.75) is 32.9 Å². The van der Waals surface area contributed by atoms with E-state index in [0.29, 0.717) is 6.04 Å². The van der Waals surface area contributed by atoms with E-state index in [1.54, 1.807) is 0 Å². The van der Waals surface area contributed by atoms with Crippen LogP contribution in [0.4, 0.5) is 0 Å². The summed E-state index contributed by atoms with van der Waals surface area (Å²) in [5.74, 6) is 0. The molecule has 0 bridgehead atoms. The van der Waals surface area contributed by atoms with Crippen molar-refractivity contribution in [3.8, 4) is 0 Å². The lowest BCUT2D eigenvalue weighted by Gasteiger charge is -2.10. The molecular formula is C13H18N2. The van der Waals surface area contributed by atoms with E-state index in [-0.39, 0.29) is 6.04 Å². The Labute approximate surface area is 90.7 Å². The van der Waals surface area contributed by atoms with Crippen molar-refractivity contribution in [1.82, 2.24) is 4.57 Å². The van der Waals surface area contributed by atoms with Gasteiger partial charge in [-0.2, -0.15) is 0 Å². The molecule has 2 rings (SSSR count). The Morgan fingerprint density at radius 3 is 2.47 bits per heavy atom. The van der Waals surface area contributed by atoms with Gasteiger partial charge < -0.3 is 10.3 Å². The molecule has 0 aliphatic rings. The van der Waals surface area contributed by atoms with Crippen molar-refractivity contribution in [2.75, 3.05) is 0 Å². The first-order valence-corrected chi connectivity index (χ1v) is 5.45. The lowest BCUT2D eigenvalue weighted by Crippen LogP contribution is -2.04. The zero-order valence-electron chi connectivity index (χ0n) is 9.57. The highest BCUT2D eigenvalue weighted by atomic mass is 15.0. The molecule has 0 amide bonds. The molecule has 2 heteroatoms. The number of nitrogens with two attached hydrogens (primary N) is 1. The van der Waals surface area contributed by atoms with Crippen LogP contribution in [0.1, 0.15) is 38.4 Å². The third-order valence-electron chi connectivity index (χ3n) is 2.83. The van der Waals surface area contributed by atoms with E-state index in [1.165, 1.54) is 16.5 Å². The number of benzene rings is 1. The second-order valence-electron chi connectivity index (χ2n) is 4.42. The molecule has 15 heavy (non-hydrogen) atoms. The Morgan fingerprint density at radius 2 is 1.87 bits per heavy atom. The summed E-state index contributed by atoms with van der Waals surface area (Å²) in [4.78, 5) is 0. The Kier molecular flexibility index (Phi) is 2.53. The van der Waals surface area contributed by atoms with Crippen LogP contribution in [0, 0.1) is 0 Å². The minimum Gasteiger partial charge on any atom is -0.345 e. The fraction of sp³-hybridized carbons (Fsp3) is 0.385. The van der Waals surface area contributed by atoms with Gasteiger partial charge in [-0.1, -0.05) is 6.07 Å². The quantitative estimate of drug-likeness (QED) is 0.796. The lowest BCUT2D eigenvalue weighted by atomic mass is 10.1. The van der Waals surface area contributed by atoms with E-state index in [2.05, 4.69) is 48.9 Å². The van der Waals surface area contributed by atoms with E-state index in [4.69, 9.17) is 5.73 Å². The van der Waals surface area contributed by atoms with Crippen molar-refractivity contribution in [3.63, 3.8) is 0 Å². The maximum absolute atomic E-state index is 5.86. The molecule has 1 aromatic carbocycles. The van der Waals surface area contributed by atoms with Gasteiger partial charge in [-0.25, -0.2) is 0 Å². The molecule has 2 nitrogen and oxygen atoms in total. The first-order chi connectivity index (χ1) is 7.09. The molecule has 0 radical (unpaired) electrons. The largest absolute Gasteiger partial charge is 0.345 e. The summed E-state index contributed by atoms with van der Waals surface area (Å²) >= 11 is 0. The molecule has 0 aliphatic heterocycles. The summed E-state index contributed by atoms with van der Waals surface area (Å²) in [5.41, 5.74) is 8.35. The number of rotatable bonds is 2. The van der Waals surface area contributed by atoms with Crippen molar-refractivity contribution in [1.29, 1.82) is 0 Å². The summed E-state index contributed by atoms with van der Waals surface area (Å²) < 4.78 is 2.28. The summed E-state index contributed by atoms with van der Waals surface area (Å²) in [6.07, 6.45) is 2.14. The Balaban J connectivity index is 2.57. The van der Waals surface area contributed by atoms with E-state index in [9.17, 15) is 0 Å². The summed E-state index contributed by atoms with van der Waals surface area (Å²) in [5, 5.41) is 1.28. The molecule has 0 aliphatic carbocycles. The zero-order chi connectivity index (χ0) is 11.0. The summed E-state index contributed by atoms with van der Waals surface area (Å²) in [6, 6.07) is 9.22. The normalized spacial score (nSPS) is 13.7. The van der Waals surface area contributed by atoms with Gasteiger partial charge in [0.25, 0.3) is 0 Å². The van der Waals surface area contributed by atoms with E-state index >= 15 is 0 Å². The molecule has 0 saturated heterocycles. The van der Waals surface area contributed by atoms with Gasteiger partial charge in [-0.3, -0.25) is 0 Å². The third kappa shape index (κ3) is 1.77. The van der Waals surface area contributed by atoms with Gasteiger partial charge in [-0.15, -0.1) is 0 Å². The van der Waals surface area contributed by atoms with Crippen molar-refractivity contribution in [2.24, 2.45) is 5.73 Å². The van der Waals surface area contributed by atoms with Crippen LogP contribution in [0.2, 0.25) is 0 Å². The first-order valence-electron chi connectivity index (χ1n) is 5.45. The second-order valence-corrected chi connectivity index (χ2v) is 4.42. The average Bonchev–Trinajstić information content (AvgIpc) is 2.59. The van der Waals surface area contributed by atoms with E-state index < -0.39 is 0 Å². The van der Waals surface area contributed by atoms with Crippen LogP contribution in [0.5, 0.6) is 0 Å². The van der Waals surface area contributed by atoms with E-state index in [1.807, 2.05) is 6.92 Å². The average molecular weight is 202 g/mol. The SMILES string of the molecule is CC(N)c1ccc2c(ccn2C(C)C)c1. The Bertz CT molecular complexity index is 466. The smallest absolute Gasteiger partial charge is 0.0482 e. The van der Waals surface area contributed by atoms with Crippen LogP contribution in [-0.4, -0.2) is 4.57 Å². The molecule has 1 aromatic heterocycles. The van der Waals surface area contributed by atoms with Gasteiger partial charge >= 0.3 is 0 Å². The molecule has 2 aromatic rings. The van der Waals surface area contributed by atoms with Gasteiger partial charge in [0.05, 0.1) is 0 Å².